The van der Waals surface area contributed by atoms with Crippen molar-refractivity contribution in [2.45, 2.75) is 18.7 Å². The zero-order chi connectivity index (χ0) is 16.2. The van der Waals surface area contributed by atoms with E-state index in [9.17, 15) is 13.2 Å². The average Bonchev–Trinajstić information content (AvgIpc) is 2.44. The highest BCUT2D eigenvalue weighted by molar-refractivity contribution is 9.10. The van der Waals surface area contributed by atoms with E-state index in [-0.39, 0.29) is 28.0 Å². The number of hydrogen-bond acceptors (Lipinski definition) is 4. The summed E-state index contributed by atoms with van der Waals surface area (Å²) in [6, 6.07) is 5.80. The minimum absolute atomic E-state index is 0.0546. The molecule has 0 saturated heterocycles. The van der Waals surface area contributed by atoms with E-state index in [4.69, 9.17) is 10.4 Å². The van der Waals surface area contributed by atoms with E-state index in [2.05, 4.69) is 15.9 Å². The molecule has 0 heterocycles. The maximum absolute atomic E-state index is 12.6. The van der Waals surface area contributed by atoms with E-state index < -0.39 is 21.9 Å². The second kappa shape index (κ2) is 7.02. The third-order valence-corrected chi connectivity index (χ3v) is 5.78. The second-order valence-corrected chi connectivity index (χ2v) is 7.20. The number of nitriles is 1. The van der Waals surface area contributed by atoms with E-state index in [1.54, 1.807) is 13.8 Å². The first-order chi connectivity index (χ1) is 9.73. The first kappa shape index (κ1) is 17.6. The van der Waals surface area contributed by atoms with Gasteiger partial charge in [-0.15, -0.1) is 0 Å². The lowest BCUT2D eigenvalue weighted by Gasteiger charge is -2.22. The molecule has 1 unspecified atom stereocenters. The van der Waals surface area contributed by atoms with Gasteiger partial charge < -0.3 is 5.11 Å². The molecular weight excluding hydrogens is 360 g/mol. The third-order valence-electron chi connectivity index (χ3n) is 2.85. The van der Waals surface area contributed by atoms with Crippen LogP contribution in [0.5, 0.6) is 0 Å². The van der Waals surface area contributed by atoms with Crippen molar-refractivity contribution in [2.75, 3.05) is 13.1 Å². The van der Waals surface area contributed by atoms with Gasteiger partial charge in [0.2, 0.25) is 10.0 Å². The summed E-state index contributed by atoms with van der Waals surface area (Å²) in [4.78, 5) is 10.9. The van der Waals surface area contributed by atoms with E-state index in [0.29, 0.717) is 0 Å². The molecule has 0 spiro atoms. The van der Waals surface area contributed by atoms with Crippen LogP contribution in [0.3, 0.4) is 0 Å². The smallest absolute Gasteiger partial charge is 0.335 e. The van der Waals surface area contributed by atoms with Crippen molar-refractivity contribution in [2.24, 2.45) is 5.92 Å². The molecule has 0 fully saturated rings. The van der Waals surface area contributed by atoms with E-state index >= 15 is 0 Å². The van der Waals surface area contributed by atoms with Gasteiger partial charge in [-0.3, -0.25) is 0 Å². The Balaban J connectivity index is 3.32. The zero-order valence-corrected chi connectivity index (χ0v) is 14.0. The zero-order valence-electron chi connectivity index (χ0n) is 11.6. The molecule has 0 radical (unpaired) electrons. The van der Waals surface area contributed by atoms with Gasteiger partial charge in [-0.05, 0) is 41.1 Å². The molecule has 0 amide bonds. The molecule has 1 atom stereocenters. The average molecular weight is 375 g/mol. The van der Waals surface area contributed by atoms with Crippen LogP contribution in [0, 0.1) is 17.2 Å². The predicted octanol–water partition coefficient (Wildman–Crippen LogP) is 2.32. The molecule has 114 valence electrons. The van der Waals surface area contributed by atoms with Crippen molar-refractivity contribution in [3.8, 4) is 6.07 Å². The van der Waals surface area contributed by atoms with Crippen LogP contribution in [0.2, 0.25) is 0 Å². The first-order valence-corrected chi connectivity index (χ1v) is 8.40. The molecule has 8 heteroatoms. The number of nitrogens with zero attached hydrogens (tertiary/aromatic N) is 2. The van der Waals surface area contributed by atoms with Gasteiger partial charge in [-0.25, -0.2) is 13.2 Å². The van der Waals surface area contributed by atoms with Gasteiger partial charge in [0.25, 0.3) is 0 Å². The number of rotatable bonds is 6. The fraction of sp³-hybridized carbons (Fsp3) is 0.385. The van der Waals surface area contributed by atoms with Crippen molar-refractivity contribution in [1.29, 1.82) is 5.26 Å². The van der Waals surface area contributed by atoms with Gasteiger partial charge in [-0.2, -0.15) is 9.57 Å². The lowest BCUT2D eigenvalue weighted by Crippen LogP contribution is -2.34. The highest BCUT2D eigenvalue weighted by Crippen LogP contribution is 2.26. The first-order valence-electron chi connectivity index (χ1n) is 6.16. The van der Waals surface area contributed by atoms with Crippen LogP contribution in [0.25, 0.3) is 0 Å². The summed E-state index contributed by atoms with van der Waals surface area (Å²) >= 11 is 3.13. The van der Waals surface area contributed by atoms with Gasteiger partial charge in [0.15, 0.2) is 0 Å². The topological polar surface area (TPSA) is 98.5 Å². The monoisotopic (exact) mass is 374 g/mol. The molecule has 0 aliphatic carbocycles. The van der Waals surface area contributed by atoms with Crippen molar-refractivity contribution in [3.63, 3.8) is 0 Å². The van der Waals surface area contributed by atoms with Crippen molar-refractivity contribution in [1.82, 2.24) is 4.31 Å². The molecule has 1 aromatic carbocycles. The number of carboxylic acid groups (broad SMARTS) is 1. The summed E-state index contributed by atoms with van der Waals surface area (Å²) in [5.41, 5.74) is -0.110. The Morgan fingerprint density at radius 3 is 2.62 bits per heavy atom. The molecule has 0 aliphatic heterocycles. The van der Waals surface area contributed by atoms with Crippen LogP contribution in [0.15, 0.2) is 27.6 Å². The quantitative estimate of drug-likeness (QED) is 0.823. The fourth-order valence-corrected chi connectivity index (χ4v) is 4.21. The largest absolute Gasteiger partial charge is 0.478 e. The van der Waals surface area contributed by atoms with Gasteiger partial charge in [0, 0.05) is 17.6 Å². The number of sulfonamides is 1. The number of carbonyl (C=O) groups is 1. The number of halogens is 1. The second-order valence-electron chi connectivity index (χ2n) is 4.44. The van der Waals surface area contributed by atoms with Gasteiger partial charge in [0.05, 0.1) is 22.4 Å². The minimum Gasteiger partial charge on any atom is -0.478 e. The Morgan fingerprint density at radius 2 is 2.14 bits per heavy atom. The highest BCUT2D eigenvalue weighted by Gasteiger charge is 2.27. The summed E-state index contributed by atoms with van der Waals surface area (Å²) in [5, 5.41) is 17.8. The standard InChI is InChI=1S/C13H15BrN2O4S/c1-3-16(8-9(2)7-15)21(19,20)12-6-10(13(17)18)4-5-11(12)14/h4-6,9H,3,8H2,1-2H3,(H,17,18). The van der Waals surface area contributed by atoms with Crippen LogP contribution in [0.1, 0.15) is 24.2 Å². The highest BCUT2D eigenvalue weighted by atomic mass is 79.9. The van der Waals surface area contributed by atoms with Crippen LogP contribution >= 0.6 is 15.9 Å². The van der Waals surface area contributed by atoms with Crippen LogP contribution in [-0.2, 0) is 10.0 Å². The number of aromatic carboxylic acids is 1. The third kappa shape index (κ3) is 4.03. The molecule has 1 aromatic rings. The summed E-state index contributed by atoms with van der Waals surface area (Å²) in [5.74, 6) is -1.66. The number of hydrogen-bond donors (Lipinski definition) is 1. The molecule has 0 bridgehead atoms. The van der Waals surface area contributed by atoms with E-state index in [0.717, 1.165) is 10.4 Å². The summed E-state index contributed by atoms with van der Waals surface area (Å²) in [7, 11) is -3.87. The van der Waals surface area contributed by atoms with Crippen LogP contribution in [-0.4, -0.2) is 36.9 Å². The Labute approximate surface area is 132 Å². The molecule has 0 saturated carbocycles. The number of benzene rings is 1. The lowest BCUT2D eigenvalue weighted by atomic mass is 10.2. The Morgan fingerprint density at radius 1 is 1.52 bits per heavy atom. The predicted molar refractivity (Wildman–Crippen MR) is 80.3 cm³/mol. The Bertz CT molecular complexity index is 682. The molecule has 0 aliphatic rings. The van der Waals surface area contributed by atoms with Gasteiger partial charge in [0.1, 0.15) is 0 Å². The van der Waals surface area contributed by atoms with E-state index in [1.165, 1.54) is 12.1 Å². The summed E-state index contributed by atoms with van der Waals surface area (Å²) in [6.07, 6.45) is 0. The van der Waals surface area contributed by atoms with Gasteiger partial charge in [-0.1, -0.05) is 6.92 Å². The number of carboxylic acids is 1. The lowest BCUT2D eigenvalue weighted by molar-refractivity contribution is 0.0696. The SMILES string of the molecule is CCN(CC(C)C#N)S(=O)(=O)c1cc(C(=O)O)ccc1Br. The summed E-state index contributed by atoms with van der Waals surface area (Å²) in [6.45, 7) is 3.54. The normalized spacial score (nSPS) is 12.9. The minimum atomic E-state index is -3.87. The maximum Gasteiger partial charge on any atom is 0.335 e. The van der Waals surface area contributed by atoms with Crippen LogP contribution in [0.4, 0.5) is 0 Å². The van der Waals surface area contributed by atoms with E-state index in [1.807, 2.05) is 6.07 Å². The van der Waals surface area contributed by atoms with Crippen molar-refractivity contribution < 1.29 is 18.3 Å². The molecule has 6 nitrogen and oxygen atoms in total. The van der Waals surface area contributed by atoms with Crippen LogP contribution < -0.4 is 0 Å². The molecular formula is C13H15BrN2O4S. The Hall–Kier alpha value is -1.43. The van der Waals surface area contributed by atoms with Crippen molar-refractivity contribution >= 4 is 31.9 Å². The van der Waals surface area contributed by atoms with Gasteiger partial charge >= 0.3 is 5.97 Å². The van der Waals surface area contributed by atoms with Crippen molar-refractivity contribution in [3.05, 3.63) is 28.2 Å². The molecule has 0 aromatic heterocycles. The fourth-order valence-electron chi connectivity index (χ4n) is 1.72. The molecule has 21 heavy (non-hydrogen) atoms. The molecule has 1 rings (SSSR count). The maximum atomic E-state index is 12.6. The Kier molecular flexibility index (Phi) is 5.89. The summed E-state index contributed by atoms with van der Waals surface area (Å²) < 4.78 is 26.7. The molecule has 1 N–H and O–H groups in total.